The zero-order chi connectivity index (χ0) is 23.2. The number of nitrogens with zero attached hydrogens (tertiary/aromatic N) is 6. The van der Waals surface area contributed by atoms with Gasteiger partial charge in [0, 0.05) is 25.0 Å². The normalized spacial score (nSPS) is 18.5. The van der Waals surface area contributed by atoms with Gasteiger partial charge >= 0.3 is 6.09 Å². The summed E-state index contributed by atoms with van der Waals surface area (Å²) in [5.74, 6) is 1.86. The summed E-state index contributed by atoms with van der Waals surface area (Å²) in [6.45, 7) is 6.82. The Bertz CT molecular complexity index is 1180. The van der Waals surface area contributed by atoms with Gasteiger partial charge in [0.15, 0.2) is 11.4 Å². The lowest BCUT2D eigenvalue weighted by Gasteiger charge is -2.24. The number of anilines is 1. The molecule has 33 heavy (non-hydrogen) atoms. The third-order valence-corrected chi connectivity index (χ3v) is 5.77. The van der Waals surface area contributed by atoms with Crippen molar-refractivity contribution in [2.75, 3.05) is 25.5 Å². The maximum Gasteiger partial charge on any atom is 0.410 e. The van der Waals surface area contributed by atoms with Crippen molar-refractivity contribution in [3.8, 4) is 17.0 Å². The molecule has 1 atom stereocenters. The zero-order valence-corrected chi connectivity index (χ0v) is 19.4. The van der Waals surface area contributed by atoms with Crippen LogP contribution in [0.4, 0.5) is 10.6 Å². The van der Waals surface area contributed by atoms with Crippen LogP contribution in [-0.4, -0.2) is 67.4 Å². The van der Waals surface area contributed by atoms with Crippen molar-refractivity contribution < 1.29 is 14.3 Å². The minimum absolute atomic E-state index is 0.0785. The standard InChI is InChI=1S/C23H29N7O3/c1-23(2,3)33-22(31)29-8-7-15(12-29)26-19-11-24-10-17(27-19)16-9-25-30-13-18(32-4)20(14-5-6-14)28-21(16)30/h9-11,13-15H,5-8,12H2,1-4H3,(H,26,27). The topological polar surface area (TPSA) is 107 Å². The molecule has 1 amide bonds. The lowest BCUT2D eigenvalue weighted by atomic mass is 10.2. The Morgan fingerprint density at radius 1 is 1.15 bits per heavy atom. The van der Waals surface area contributed by atoms with Gasteiger partial charge in [-0.05, 0) is 40.0 Å². The SMILES string of the molecule is COc1cn2ncc(-c3cncc(NC4CCN(C(=O)OC(C)(C)C)C4)n3)c2nc1C1CC1. The predicted octanol–water partition coefficient (Wildman–Crippen LogP) is 3.49. The number of carbonyl (C=O) groups is 1. The Balaban J connectivity index is 1.34. The Hall–Kier alpha value is -3.43. The van der Waals surface area contributed by atoms with Crippen LogP contribution in [0.5, 0.6) is 5.75 Å². The molecule has 0 radical (unpaired) electrons. The minimum Gasteiger partial charge on any atom is -0.493 e. The molecule has 0 bridgehead atoms. The first kappa shape index (κ1) is 21.4. The molecule has 2 fully saturated rings. The number of nitrogens with one attached hydrogen (secondary N) is 1. The highest BCUT2D eigenvalue weighted by molar-refractivity contribution is 5.75. The molecular formula is C23H29N7O3. The van der Waals surface area contributed by atoms with Crippen molar-refractivity contribution >= 4 is 17.6 Å². The van der Waals surface area contributed by atoms with Crippen LogP contribution in [-0.2, 0) is 4.74 Å². The molecule has 10 nitrogen and oxygen atoms in total. The fourth-order valence-electron chi connectivity index (χ4n) is 4.04. The van der Waals surface area contributed by atoms with Crippen molar-refractivity contribution in [3.05, 3.63) is 30.5 Å². The Morgan fingerprint density at radius 2 is 1.97 bits per heavy atom. The van der Waals surface area contributed by atoms with Crippen molar-refractivity contribution in [2.24, 2.45) is 0 Å². The molecule has 10 heteroatoms. The summed E-state index contributed by atoms with van der Waals surface area (Å²) in [5, 5.41) is 7.85. The maximum absolute atomic E-state index is 12.3. The highest BCUT2D eigenvalue weighted by Gasteiger charge is 2.31. The highest BCUT2D eigenvalue weighted by atomic mass is 16.6. The molecule has 1 N–H and O–H groups in total. The Kier molecular flexibility index (Phi) is 5.30. The van der Waals surface area contributed by atoms with Crippen LogP contribution in [0.3, 0.4) is 0 Å². The maximum atomic E-state index is 12.3. The number of hydrogen-bond donors (Lipinski definition) is 1. The smallest absolute Gasteiger partial charge is 0.410 e. The second-order valence-electron chi connectivity index (χ2n) is 9.64. The van der Waals surface area contributed by atoms with Gasteiger partial charge in [-0.3, -0.25) is 4.98 Å². The van der Waals surface area contributed by atoms with Gasteiger partial charge in [0.05, 0.1) is 48.8 Å². The van der Waals surface area contributed by atoms with Gasteiger partial charge in [0.2, 0.25) is 0 Å². The third kappa shape index (κ3) is 4.55. The van der Waals surface area contributed by atoms with E-state index in [2.05, 4.69) is 15.4 Å². The number of hydrogen-bond acceptors (Lipinski definition) is 8. The number of likely N-dealkylation sites (tertiary alicyclic amines) is 1. The Morgan fingerprint density at radius 3 is 2.70 bits per heavy atom. The molecule has 2 aliphatic rings. The molecule has 1 saturated heterocycles. The van der Waals surface area contributed by atoms with Crippen LogP contribution in [0.15, 0.2) is 24.8 Å². The molecule has 5 rings (SSSR count). The summed E-state index contributed by atoms with van der Waals surface area (Å²) < 4.78 is 12.7. The molecule has 1 aliphatic heterocycles. The van der Waals surface area contributed by atoms with Gasteiger partial charge in [-0.1, -0.05) is 0 Å². The van der Waals surface area contributed by atoms with E-state index in [4.69, 9.17) is 19.4 Å². The number of fused-ring (bicyclic) bond motifs is 1. The zero-order valence-electron chi connectivity index (χ0n) is 19.4. The first-order valence-electron chi connectivity index (χ1n) is 11.3. The van der Waals surface area contributed by atoms with Crippen molar-refractivity contribution in [3.63, 3.8) is 0 Å². The van der Waals surface area contributed by atoms with E-state index >= 15 is 0 Å². The fraction of sp³-hybridized carbons (Fsp3) is 0.522. The third-order valence-electron chi connectivity index (χ3n) is 5.77. The molecule has 1 saturated carbocycles. The minimum atomic E-state index is -0.506. The molecule has 3 aromatic rings. The van der Waals surface area contributed by atoms with E-state index in [-0.39, 0.29) is 12.1 Å². The van der Waals surface area contributed by atoms with E-state index in [1.54, 1.807) is 35.1 Å². The molecule has 1 aliphatic carbocycles. The van der Waals surface area contributed by atoms with E-state index < -0.39 is 5.60 Å². The molecule has 4 heterocycles. The fourth-order valence-corrected chi connectivity index (χ4v) is 4.04. The van der Waals surface area contributed by atoms with Crippen LogP contribution in [0.2, 0.25) is 0 Å². The summed E-state index contributed by atoms with van der Waals surface area (Å²) in [4.78, 5) is 28.1. The lowest BCUT2D eigenvalue weighted by Crippen LogP contribution is -2.36. The number of methoxy groups -OCH3 is 1. The number of carbonyl (C=O) groups excluding carboxylic acids is 1. The number of aromatic nitrogens is 5. The van der Waals surface area contributed by atoms with Gasteiger partial charge in [-0.15, -0.1) is 0 Å². The number of ether oxygens (including phenoxy) is 2. The van der Waals surface area contributed by atoms with E-state index in [1.165, 1.54) is 0 Å². The van der Waals surface area contributed by atoms with Crippen LogP contribution >= 0.6 is 0 Å². The summed E-state index contributed by atoms with van der Waals surface area (Å²) in [5.41, 5.74) is 2.71. The van der Waals surface area contributed by atoms with Crippen LogP contribution in [0.25, 0.3) is 16.9 Å². The molecule has 3 aromatic heterocycles. The lowest BCUT2D eigenvalue weighted by molar-refractivity contribution is 0.0293. The molecule has 1 unspecified atom stereocenters. The number of amides is 1. The second kappa shape index (κ2) is 8.17. The van der Waals surface area contributed by atoms with Gasteiger partial charge in [-0.25, -0.2) is 19.3 Å². The van der Waals surface area contributed by atoms with E-state index in [0.717, 1.165) is 41.9 Å². The quantitative estimate of drug-likeness (QED) is 0.628. The molecular weight excluding hydrogens is 422 g/mol. The van der Waals surface area contributed by atoms with E-state index in [0.29, 0.717) is 30.5 Å². The number of rotatable bonds is 5. The molecule has 0 aromatic carbocycles. The van der Waals surface area contributed by atoms with Gasteiger partial charge in [0.25, 0.3) is 0 Å². The van der Waals surface area contributed by atoms with Gasteiger partial charge in [-0.2, -0.15) is 5.10 Å². The van der Waals surface area contributed by atoms with Crippen molar-refractivity contribution in [1.82, 2.24) is 29.5 Å². The van der Waals surface area contributed by atoms with Gasteiger partial charge in [0.1, 0.15) is 11.4 Å². The highest BCUT2D eigenvalue weighted by Crippen LogP contribution is 2.43. The van der Waals surface area contributed by atoms with Crippen molar-refractivity contribution in [2.45, 2.75) is 57.6 Å². The summed E-state index contributed by atoms with van der Waals surface area (Å²) in [6.07, 6.45) is 9.82. The molecule has 174 valence electrons. The average Bonchev–Trinajstić information content (AvgIpc) is 3.36. The summed E-state index contributed by atoms with van der Waals surface area (Å²) >= 11 is 0. The average molecular weight is 452 g/mol. The first-order chi connectivity index (χ1) is 15.8. The summed E-state index contributed by atoms with van der Waals surface area (Å²) in [6, 6.07) is 0.0785. The van der Waals surface area contributed by atoms with Crippen molar-refractivity contribution in [1.29, 1.82) is 0 Å². The van der Waals surface area contributed by atoms with Gasteiger partial charge < -0.3 is 19.7 Å². The first-order valence-corrected chi connectivity index (χ1v) is 11.3. The largest absolute Gasteiger partial charge is 0.493 e. The van der Waals surface area contributed by atoms with Crippen LogP contribution in [0.1, 0.15) is 51.6 Å². The molecule has 0 spiro atoms. The summed E-state index contributed by atoms with van der Waals surface area (Å²) in [7, 11) is 1.66. The van der Waals surface area contributed by atoms with E-state index in [1.807, 2.05) is 27.0 Å². The van der Waals surface area contributed by atoms with Crippen LogP contribution < -0.4 is 10.1 Å². The monoisotopic (exact) mass is 451 g/mol. The van der Waals surface area contributed by atoms with E-state index in [9.17, 15) is 4.79 Å². The Labute approximate surface area is 192 Å². The van der Waals surface area contributed by atoms with Crippen LogP contribution in [0, 0.1) is 0 Å². The second-order valence-corrected chi connectivity index (χ2v) is 9.64. The predicted molar refractivity (Wildman–Crippen MR) is 122 cm³/mol.